The van der Waals surface area contributed by atoms with E-state index in [0.717, 1.165) is 11.4 Å². The van der Waals surface area contributed by atoms with Gasteiger partial charge in [0.15, 0.2) is 0 Å². The van der Waals surface area contributed by atoms with Crippen molar-refractivity contribution in [2.24, 2.45) is 0 Å². The van der Waals surface area contributed by atoms with Gasteiger partial charge in [-0.15, -0.1) is 5.10 Å². The molecule has 0 bridgehead atoms. The molecule has 2 rings (SSSR count). The number of aliphatic carboxylic acids is 1. The molecule has 0 fully saturated rings. The van der Waals surface area contributed by atoms with Gasteiger partial charge in [0.2, 0.25) is 0 Å². The number of pyridine rings is 1. The van der Waals surface area contributed by atoms with E-state index in [0.29, 0.717) is 13.1 Å². The van der Waals surface area contributed by atoms with Crippen LogP contribution in [0.15, 0.2) is 30.6 Å². The number of aromatic nitrogens is 4. The van der Waals surface area contributed by atoms with Gasteiger partial charge in [-0.05, 0) is 32.9 Å². The quantitative estimate of drug-likeness (QED) is 0.871. The number of nitrogens with zero attached hydrogens (tertiary/aromatic N) is 5. The van der Waals surface area contributed by atoms with Crippen LogP contribution in [0.4, 0.5) is 0 Å². The Kier molecular flexibility index (Phi) is 4.87. The van der Waals surface area contributed by atoms with E-state index in [-0.39, 0.29) is 12.1 Å². The predicted octanol–water partition coefficient (Wildman–Crippen LogP) is 1.51. The smallest absolute Gasteiger partial charge is 0.317 e. The molecule has 1 N–H and O–H groups in total. The third kappa shape index (κ3) is 4.63. The molecule has 0 atom stereocenters. The largest absolute Gasteiger partial charge is 0.480 e. The van der Waals surface area contributed by atoms with Crippen LogP contribution in [0.2, 0.25) is 0 Å². The summed E-state index contributed by atoms with van der Waals surface area (Å²) in [6.07, 6.45) is 3.55. The van der Waals surface area contributed by atoms with Gasteiger partial charge >= 0.3 is 5.97 Å². The monoisotopic (exact) mass is 303 g/mol. The van der Waals surface area contributed by atoms with Gasteiger partial charge < -0.3 is 5.11 Å². The first-order chi connectivity index (χ1) is 10.3. The van der Waals surface area contributed by atoms with Crippen molar-refractivity contribution in [1.82, 2.24) is 24.9 Å². The van der Waals surface area contributed by atoms with E-state index >= 15 is 0 Å². The molecule has 0 saturated carbocycles. The van der Waals surface area contributed by atoms with Gasteiger partial charge in [-0.1, -0.05) is 11.3 Å². The molecule has 7 heteroatoms. The van der Waals surface area contributed by atoms with Crippen LogP contribution in [0.1, 0.15) is 32.2 Å². The van der Waals surface area contributed by atoms with Gasteiger partial charge in [-0.3, -0.25) is 14.7 Å². The van der Waals surface area contributed by atoms with Crippen molar-refractivity contribution in [3.8, 4) is 0 Å². The molecule has 0 unspecified atom stereocenters. The Labute approximate surface area is 129 Å². The predicted molar refractivity (Wildman–Crippen MR) is 81.0 cm³/mol. The van der Waals surface area contributed by atoms with Crippen LogP contribution in [0.3, 0.4) is 0 Å². The lowest BCUT2D eigenvalue weighted by molar-refractivity contribution is -0.138. The molecule has 0 saturated heterocycles. The second-order valence-electron chi connectivity index (χ2n) is 6.19. The van der Waals surface area contributed by atoms with Gasteiger partial charge in [-0.2, -0.15) is 0 Å². The minimum absolute atomic E-state index is 0.0705. The molecule has 2 aromatic heterocycles. The van der Waals surface area contributed by atoms with Crippen molar-refractivity contribution >= 4 is 5.97 Å². The molecular weight excluding hydrogens is 282 g/mol. The van der Waals surface area contributed by atoms with E-state index in [9.17, 15) is 4.79 Å². The van der Waals surface area contributed by atoms with Crippen LogP contribution < -0.4 is 0 Å². The summed E-state index contributed by atoms with van der Waals surface area (Å²) in [5.41, 5.74) is 1.42. The fourth-order valence-corrected chi connectivity index (χ4v) is 2.01. The maximum Gasteiger partial charge on any atom is 0.317 e. The molecule has 7 nitrogen and oxygen atoms in total. The van der Waals surface area contributed by atoms with Crippen LogP contribution in [0.25, 0.3) is 0 Å². The van der Waals surface area contributed by atoms with E-state index in [1.807, 2.05) is 45.2 Å². The number of hydrogen-bond donors (Lipinski definition) is 1. The molecule has 2 heterocycles. The van der Waals surface area contributed by atoms with Crippen LogP contribution in [0, 0.1) is 0 Å². The molecule has 118 valence electrons. The summed E-state index contributed by atoms with van der Waals surface area (Å²) in [5.74, 6) is -0.876. The Balaban J connectivity index is 2.09. The topological polar surface area (TPSA) is 84.1 Å². The van der Waals surface area contributed by atoms with E-state index < -0.39 is 5.97 Å². The van der Waals surface area contributed by atoms with Gasteiger partial charge in [0.1, 0.15) is 0 Å². The first kappa shape index (κ1) is 16.1. The molecule has 0 radical (unpaired) electrons. The van der Waals surface area contributed by atoms with Crippen LogP contribution >= 0.6 is 0 Å². The third-order valence-corrected chi connectivity index (χ3v) is 3.08. The zero-order valence-corrected chi connectivity index (χ0v) is 13.1. The Bertz CT molecular complexity index is 618. The molecule has 0 aliphatic carbocycles. The third-order valence-electron chi connectivity index (χ3n) is 3.08. The van der Waals surface area contributed by atoms with Crippen molar-refractivity contribution in [2.75, 3.05) is 6.54 Å². The summed E-state index contributed by atoms with van der Waals surface area (Å²) in [7, 11) is 0. The van der Waals surface area contributed by atoms with Crippen LogP contribution in [-0.4, -0.2) is 42.5 Å². The van der Waals surface area contributed by atoms with E-state index in [4.69, 9.17) is 5.11 Å². The standard InChI is InChI=1S/C15H21N5O2/c1-15(2,3)20-10-13(17-18-20)9-19(11-14(21)22)8-12-6-4-5-7-16-12/h4-7,10H,8-9,11H2,1-3H3,(H,21,22). The van der Waals surface area contributed by atoms with E-state index in [1.165, 1.54) is 0 Å². The maximum absolute atomic E-state index is 11.1. The Hall–Kier alpha value is -2.28. The normalized spacial score (nSPS) is 11.8. The SMILES string of the molecule is CC(C)(C)n1cc(CN(CC(=O)O)Cc2ccccn2)nn1. The number of carboxylic acids is 1. The highest BCUT2D eigenvalue weighted by Crippen LogP contribution is 2.13. The second kappa shape index (κ2) is 6.65. The van der Waals surface area contributed by atoms with Crippen LogP contribution in [0.5, 0.6) is 0 Å². The average molecular weight is 303 g/mol. The molecule has 0 aromatic carbocycles. The molecule has 22 heavy (non-hydrogen) atoms. The summed E-state index contributed by atoms with van der Waals surface area (Å²) < 4.78 is 1.78. The summed E-state index contributed by atoms with van der Waals surface area (Å²) in [6.45, 7) is 6.91. The van der Waals surface area contributed by atoms with Crippen molar-refractivity contribution < 1.29 is 9.90 Å². The number of hydrogen-bond acceptors (Lipinski definition) is 5. The fourth-order valence-electron chi connectivity index (χ4n) is 2.01. The lowest BCUT2D eigenvalue weighted by Gasteiger charge is -2.19. The summed E-state index contributed by atoms with van der Waals surface area (Å²) in [6, 6.07) is 5.60. The zero-order chi connectivity index (χ0) is 16.2. The lowest BCUT2D eigenvalue weighted by atomic mass is 10.1. The van der Waals surface area contributed by atoms with Crippen molar-refractivity contribution in [1.29, 1.82) is 0 Å². The first-order valence-corrected chi connectivity index (χ1v) is 7.10. The highest BCUT2D eigenvalue weighted by Gasteiger charge is 2.18. The Morgan fingerprint density at radius 1 is 1.27 bits per heavy atom. The van der Waals surface area contributed by atoms with Gasteiger partial charge in [0, 0.05) is 19.3 Å². The van der Waals surface area contributed by atoms with Crippen molar-refractivity contribution in [2.45, 2.75) is 39.4 Å². The van der Waals surface area contributed by atoms with Gasteiger partial charge in [-0.25, -0.2) is 4.68 Å². The number of carboxylic acid groups (broad SMARTS) is 1. The summed E-state index contributed by atoms with van der Waals surface area (Å²) in [5, 5.41) is 17.3. The molecule has 0 aliphatic rings. The highest BCUT2D eigenvalue weighted by molar-refractivity contribution is 5.69. The summed E-state index contributed by atoms with van der Waals surface area (Å²) >= 11 is 0. The maximum atomic E-state index is 11.1. The van der Waals surface area contributed by atoms with E-state index in [1.54, 1.807) is 15.8 Å². The van der Waals surface area contributed by atoms with Crippen LogP contribution in [-0.2, 0) is 23.4 Å². The Morgan fingerprint density at radius 3 is 2.55 bits per heavy atom. The summed E-state index contributed by atoms with van der Waals surface area (Å²) in [4.78, 5) is 17.1. The first-order valence-electron chi connectivity index (χ1n) is 7.10. The molecule has 0 spiro atoms. The average Bonchev–Trinajstić information content (AvgIpc) is 2.87. The minimum atomic E-state index is -0.876. The second-order valence-corrected chi connectivity index (χ2v) is 6.19. The van der Waals surface area contributed by atoms with Gasteiger partial charge in [0.05, 0.1) is 29.7 Å². The molecule has 0 amide bonds. The van der Waals surface area contributed by atoms with E-state index in [2.05, 4.69) is 15.3 Å². The van der Waals surface area contributed by atoms with Crippen molar-refractivity contribution in [3.63, 3.8) is 0 Å². The van der Waals surface area contributed by atoms with Gasteiger partial charge in [0.25, 0.3) is 0 Å². The zero-order valence-electron chi connectivity index (χ0n) is 13.1. The molecule has 2 aromatic rings. The Morgan fingerprint density at radius 2 is 2.00 bits per heavy atom. The lowest BCUT2D eigenvalue weighted by Crippen LogP contribution is -2.29. The highest BCUT2D eigenvalue weighted by atomic mass is 16.4. The number of carbonyl (C=O) groups is 1. The minimum Gasteiger partial charge on any atom is -0.480 e. The van der Waals surface area contributed by atoms with Crippen molar-refractivity contribution in [3.05, 3.63) is 42.0 Å². The fraction of sp³-hybridized carbons (Fsp3) is 0.467. The number of rotatable bonds is 6. The molecular formula is C15H21N5O2. The molecule has 0 aliphatic heterocycles.